The van der Waals surface area contributed by atoms with Crippen LogP contribution in [0.3, 0.4) is 0 Å². The molecule has 0 amide bonds. The Hall–Kier alpha value is -2.82. The summed E-state index contributed by atoms with van der Waals surface area (Å²) >= 11 is 0. The van der Waals surface area contributed by atoms with Crippen molar-refractivity contribution in [2.75, 3.05) is 25.0 Å². The van der Waals surface area contributed by atoms with Gasteiger partial charge in [0.15, 0.2) is 5.78 Å². The highest BCUT2D eigenvalue weighted by molar-refractivity contribution is 6.04. The number of carbonyl (C=O) groups excluding carboxylic acids is 1. The fraction of sp³-hybridized carbons (Fsp3) is 0.300. The first-order valence-electron chi connectivity index (χ1n) is 8.27. The number of rotatable bonds is 7. The van der Waals surface area contributed by atoms with Crippen LogP contribution in [0.2, 0.25) is 0 Å². The first-order chi connectivity index (χ1) is 11.9. The van der Waals surface area contributed by atoms with Gasteiger partial charge in [-0.3, -0.25) is 9.79 Å². The fourth-order valence-electron chi connectivity index (χ4n) is 2.58. The minimum Gasteiger partial charge on any atom is -0.508 e. The lowest BCUT2D eigenvalue weighted by Crippen LogP contribution is -2.27. The van der Waals surface area contributed by atoms with E-state index in [1.165, 1.54) is 6.07 Å². The van der Waals surface area contributed by atoms with Crippen LogP contribution in [0.25, 0.3) is 0 Å². The van der Waals surface area contributed by atoms with Gasteiger partial charge in [-0.15, -0.1) is 0 Å². The van der Waals surface area contributed by atoms with Crippen LogP contribution in [0, 0.1) is 6.92 Å². The number of aliphatic imine (C=N–C) groups is 1. The molecule has 0 saturated carbocycles. The molecule has 0 aliphatic heterocycles. The van der Waals surface area contributed by atoms with E-state index in [9.17, 15) is 15.0 Å². The third-order valence-electron chi connectivity index (χ3n) is 4.10. The van der Waals surface area contributed by atoms with E-state index in [-0.39, 0.29) is 30.4 Å². The van der Waals surface area contributed by atoms with Crippen LogP contribution >= 0.6 is 0 Å². The zero-order valence-corrected chi connectivity index (χ0v) is 14.9. The van der Waals surface area contributed by atoms with E-state index in [4.69, 9.17) is 0 Å². The topological polar surface area (TPSA) is 73.1 Å². The Morgan fingerprint density at radius 1 is 1.12 bits per heavy atom. The van der Waals surface area contributed by atoms with E-state index in [0.29, 0.717) is 23.3 Å². The van der Waals surface area contributed by atoms with Crippen molar-refractivity contribution >= 4 is 17.2 Å². The van der Waals surface area contributed by atoms with Gasteiger partial charge < -0.3 is 15.1 Å². The zero-order chi connectivity index (χ0) is 18.4. The largest absolute Gasteiger partial charge is 0.508 e. The molecular formula is C20H24N2O3. The molecule has 0 bridgehead atoms. The fourth-order valence-corrected chi connectivity index (χ4v) is 2.58. The van der Waals surface area contributed by atoms with Crippen LogP contribution in [-0.2, 0) is 4.79 Å². The van der Waals surface area contributed by atoms with Crippen LogP contribution in [0.15, 0.2) is 47.5 Å². The Labute approximate surface area is 148 Å². The van der Waals surface area contributed by atoms with Gasteiger partial charge in [0, 0.05) is 29.6 Å². The van der Waals surface area contributed by atoms with Crippen molar-refractivity contribution in [3.05, 3.63) is 53.6 Å². The first-order valence-corrected chi connectivity index (χ1v) is 8.27. The Morgan fingerprint density at radius 2 is 1.80 bits per heavy atom. The number of Topliss-reactive ketones (excluding diaryl/α,β-unsaturated/α-hetero) is 1. The van der Waals surface area contributed by atoms with Crippen LogP contribution < -0.4 is 4.90 Å². The molecule has 0 spiro atoms. The Balaban J connectivity index is 2.08. The lowest BCUT2D eigenvalue weighted by molar-refractivity contribution is -0.116. The maximum absolute atomic E-state index is 12.2. The normalized spacial score (nSPS) is 11.4. The number of phenolic OH excluding ortho intramolecular Hbond substituents is 2. The van der Waals surface area contributed by atoms with Gasteiger partial charge in [-0.1, -0.05) is 25.1 Å². The predicted molar refractivity (Wildman–Crippen MR) is 101 cm³/mol. The third kappa shape index (κ3) is 4.59. The summed E-state index contributed by atoms with van der Waals surface area (Å²) in [6.45, 7) is 3.88. The molecule has 0 fully saturated rings. The number of aromatic hydroxyl groups is 2. The molecule has 5 heteroatoms. The molecule has 0 saturated heterocycles. The monoisotopic (exact) mass is 340 g/mol. The van der Waals surface area contributed by atoms with Crippen molar-refractivity contribution < 1.29 is 15.0 Å². The van der Waals surface area contributed by atoms with Crippen molar-refractivity contribution in [3.8, 4) is 11.5 Å². The maximum atomic E-state index is 12.2. The standard InChI is InChI=1S/C20H24N2O3/c1-4-18(17-10-11-19(24)14(2)20(17)25)21-12-16(23)13-22(3)15-8-6-5-7-9-15/h5-11,24-25H,4,12-13H2,1-3H3. The number of para-hydroxylation sites is 1. The molecule has 0 unspecified atom stereocenters. The van der Waals surface area contributed by atoms with Gasteiger partial charge in [0.1, 0.15) is 11.5 Å². The molecule has 0 radical (unpaired) electrons. The molecule has 0 aromatic heterocycles. The Bertz CT molecular complexity index is 770. The summed E-state index contributed by atoms with van der Waals surface area (Å²) in [4.78, 5) is 18.5. The number of benzene rings is 2. The molecule has 5 nitrogen and oxygen atoms in total. The van der Waals surface area contributed by atoms with Gasteiger partial charge in [0.05, 0.1) is 13.1 Å². The summed E-state index contributed by atoms with van der Waals surface area (Å²) < 4.78 is 0. The summed E-state index contributed by atoms with van der Waals surface area (Å²) in [7, 11) is 1.87. The third-order valence-corrected chi connectivity index (χ3v) is 4.10. The van der Waals surface area contributed by atoms with E-state index in [2.05, 4.69) is 4.99 Å². The minimum absolute atomic E-state index is 0.00714. The van der Waals surface area contributed by atoms with Crippen LogP contribution in [0.5, 0.6) is 11.5 Å². The molecule has 0 heterocycles. The number of hydrogen-bond acceptors (Lipinski definition) is 5. The highest BCUT2D eigenvalue weighted by atomic mass is 16.3. The van der Waals surface area contributed by atoms with Gasteiger partial charge in [-0.05, 0) is 37.6 Å². The van der Waals surface area contributed by atoms with Crippen molar-refractivity contribution in [1.29, 1.82) is 0 Å². The number of nitrogens with zero attached hydrogens (tertiary/aromatic N) is 2. The average Bonchev–Trinajstić information content (AvgIpc) is 2.62. The van der Waals surface area contributed by atoms with E-state index in [0.717, 1.165) is 5.69 Å². The van der Waals surface area contributed by atoms with Crippen molar-refractivity contribution in [1.82, 2.24) is 0 Å². The quantitative estimate of drug-likeness (QED) is 0.759. The van der Waals surface area contributed by atoms with E-state index >= 15 is 0 Å². The van der Waals surface area contributed by atoms with Crippen molar-refractivity contribution in [3.63, 3.8) is 0 Å². The molecule has 2 aromatic rings. The Morgan fingerprint density at radius 3 is 2.44 bits per heavy atom. The number of ketones is 1. The molecule has 2 N–H and O–H groups in total. The summed E-state index contributed by atoms with van der Waals surface area (Å²) in [5.74, 6) is 0.0408. The predicted octanol–water partition coefficient (Wildman–Crippen LogP) is 3.31. The minimum atomic E-state index is -0.00714. The molecule has 2 rings (SSSR count). The van der Waals surface area contributed by atoms with Gasteiger partial charge in [0.2, 0.25) is 0 Å². The highest BCUT2D eigenvalue weighted by Crippen LogP contribution is 2.30. The SMILES string of the molecule is CCC(=NCC(=O)CN(C)c1ccccc1)c1ccc(O)c(C)c1O. The van der Waals surface area contributed by atoms with E-state index in [1.54, 1.807) is 13.0 Å². The lowest BCUT2D eigenvalue weighted by atomic mass is 10.0. The maximum Gasteiger partial charge on any atom is 0.173 e. The second-order valence-corrected chi connectivity index (χ2v) is 5.95. The molecule has 0 aliphatic carbocycles. The number of anilines is 1. The van der Waals surface area contributed by atoms with Gasteiger partial charge in [-0.25, -0.2) is 0 Å². The second kappa shape index (κ2) is 8.33. The van der Waals surface area contributed by atoms with Crippen molar-refractivity contribution in [2.45, 2.75) is 20.3 Å². The second-order valence-electron chi connectivity index (χ2n) is 5.95. The first kappa shape index (κ1) is 18.5. The average molecular weight is 340 g/mol. The number of hydrogen-bond donors (Lipinski definition) is 2. The molecule has 0 aliphatic rings. The molecular weight excluding hydrogens is 316 g/mol. The smallest absolute Gasteiger partial charge is 0.173 e. The summed E-state index contributed by atoms with van der Waals surface area (Å²) in [5, 5.41) is 19.9. The highest BCUT2D eigenvalue weighted by Gasteiger charge is 2.13. The van der Waals surface area contributed by atoms with Crippen LogP contribution in [0.4, 0.5) is 5.69 Å². The van der Waals surface area contributed by atoms with E-state index < -0.39 is 0 Å². The number of likely N-dealkylation sites (N-methyl/N-ethyl adjacent to an activating group) is 1. The van der Waals surface area contributed by atoms with Gasteiger partial charge >= 0.3 is 0 Å². The molecule has 132 valence electrons. The molecule has 2 aromatic carbocycles. The number of phenols is 2. The lowest BCUT2D eigenvalue weighted by Gasteiger charge is -2.17. The number of carbonyl (C=O) groups is 1. The molecule has 0 atom stereocenters. The van der Waals surface area contributed by atoms with Crippen molar-refractivity contribution in [2.24, 2.45) is 4.99 Å². The van der Waals surface area contributed by atoms with Gasteiger partial charge in [0.25, 0.3) is 0 Å². The summed E-state index contributed by atoms with van der Waals surface area (Å²) in [5.41, 5.74) is 2.59. The Kier molecular flexibility index (Phi) is 6.17. The molecule has 25 heavy (non-hydrogen) atoms. The van der Waals surface area contributed by atoms with E-state index in [1.807, 2.05) is 49.2 Å². The summed E-state index contributed by atoms with van der Waals surface area (Å²) in [6.07, 6.45) is 0.583. The van der Waals surface area contributed by atoms with Gasteiger partial charge in [-0.2, -0.15) is 0 Å². The summed E-state index contributed by atoms with van der Waals surface area (Å²) in [6, 6.07) is 12.8. The van der Waals surface area contributed by atoms with Crippen LogP contribution in [0.1, 0.15) is 24.5 Å². The van der Waals surface area contributed by atoms with Crippen LogP contribution in [-0.4, -0.2) is 41.8 Å². The zero-order valence-electron chi connectivity index (χ0n) is 14.9.